The zero-order valence-electron chi connectivity index (χ0n) is 11.8. The molecule has 1 aromatic carbocycles. The van der Waals surface area contributed by atoms with Crippen molar-refractivity contribution in [2.24, 2.45) is 0 Å². The Kier molecular flexibility index (Phi) is 5.82. The Labute approximate surface area is 116 Å². The van der Waals surface area contributed by atoms with Gasteiger partial charge in [0.25, 0.3) is 0 Å². The second kappa shape index (κ2) is 6.91. The van der Waals surface area contributed by atoms with Gasteiger partial charge < -0.3 is 10.0 Å². The van der Waals surface area contributed by atoms with E-state index in [0.717, 1.165) is 0 Å². The molecule has 0 aliphatic heterocycles. The molecule has 1 rings (SSSR count). The first kappa shape index (κ1) is 16.0. The predicted molar refractivity (Wildman–Crippen MR) is 78.4 cm³/mol. The Morgan fingerprint density at radius 2 is 1.89 bits per heavy atom. The van der Waals surface area contributed by atoms with Crippen molar-refractivity contribution in [1.82, 2.24) is 0 Å². The normalized spacial score (nSPS) is 11.8. The van der Waals surface area contributed by atoms with Crippen LogP contribution in [0.4, 0.5) is 5.69 Å². The average Bonchev–Trinajstić information content (AvgIpc) is 2.35. The fourth-order valence-electron chi connectivity index (χ4n) is 2.10. The number of hydrogen-bond donors (Lipinski definition) is 1. The molecule has 0 aliphatic carbocycles. The van der Waals surface area contributed by atoms with Crippen molar-refractivity contribution in [2.75, 3.05) is 23.8 Å². The van der Waals surface area contributed by atoms with E-state index in [2.05, 4.69) is 0 Å². The highest BCUT2D eigenvalue weighted by molar-refractivity contribution is 7.91. The van der Waals surface area contributed by atoms with Gasteiger partial charge in [-0.25, -0.2) is 8.42 Å². The predicted octanol–water partition coefficient (Wildman–Crippen LogP) is 2.08. The molecule has 0 heterocycles. The van der Waals surface area contributed by atoms with Gasteiger partial charge in [0.2, 0.25) is 0 Å². The maximum atomic E-state index is 12.3. The second-order valence-corrected chi connectivity index (χ2v) is 6.87. The molecule has 0 amide bonds. The van der Waals surface area contributed by atoms with E-state index >= 15 is 0 Å². The number of hydrogen-bond acceptors (Lipinski definition) is 4. The average molecular weight is 285 g/mol. The van der Waals surface area contributed by atoms with Crippen molar-refractivity contribution in [3.8, 4) is 0 Å². The molecule has 108 valence electrons. The van der Waals surface area contributed by atoms with Crippen molar-refractivity contribution >= 4 is 15.5 Å². The lowest BCUT2D eigenvalue weighted by molar-refractivity contribution is 0.298. The number of para-hydroxylation sites is 1. The van der Waals surface area contributed by atoms with Crippen molar-refractivity contribution in [1.29, 1.82) is 0 Å². The summed E-state index contributed by atoms with van der Waals surface area (Å²) in [7, 11) is -3.26. The Balaban J connectivity index is 3.28. The smallest absolute Gasteiger partial charge is 0.180 e. The minimum atomic E-state index is -3.26. The lowest BCUT2D eigenvalue weighted by Crippen LogP contribution is -2.34. The number of benzene rings is 1. The van der Waals surface area contributed by atoms with E-state index in [9.17, 15) is 8.42 Å². The summed E-state index contributed by atoms with van der Waals surface area (Å²) in [5.74, 6) is 0.148. The van der Waals surface area contributed by atoms with Crippen molar-refractivity contribution in [3.05, 3.63) is 24.3 Å². The summed E-state index contributed by atoms with van der Waals surface area (Å²) < 4.78 is 24.6. The van der Waals surface area contributed by atoms with Crippen LogP contribution in [0.15, 0.2) is 29.2 Å². The molecule has 5 heteroatoms. The molecule has 0 aromatic heterocycles. The molecule has 1 N–H and O–H groups in total. The van der Waals surface area contributed by atoms with E-state index in [1.54, 1.807) is 18.2 Å². The zero-order chi connectivity index (χ0) is 14.5. The Morgan fingerprint density at radius 3 is 2.42 bits per heavy atom. The molecule has 0 spiro atoms. The van der Waals surface area contributed by atoms with Crippen LogP contribution < -0.4 is 4.90 Å². The van der Waals surface area contributed by atoms with Crippen LogP contribution in [0, 0.1) is 0 Å². The van der Waals surface area contributed by atoms with Crippen LogP contribution in [0.3, 0.4) is 0 Å². The molecule has 4 nitrogen and oxygen atoms in total. The molecule has 19 heavy (non-hydrogen) atoms. The largest absolute Gasteiger partial charge is 0.395 e. The minimum absolute atomic E-state index is 0.000337. The van der Waals surface area contributed by atoms with Gasteiger partial charge in [0.05, 0.1) is 22.9 Å². The maximum Gasteiger partial charge on any atom is 0.180 e. The third-order valence-electron chi connectivity index (χ3n) is 2.95. The number of rotatable bonds is 7. The lowest BCUT2D eigenvalue weighted by atomic mass is 10.2. The summed E-state index contributed by atoms with van der Waals surface area (Å²) in [6.45, 7) is 6.25. The number of aliphatic hydroxyl groups is 1. The third kappa shape index (κ3) is 3.94. The first-order valence-electron chi connectivity index (χ1n) is 6.63. The van der Waals surface area contributed by atoms with Gasteiger partial charge in [-0.1, -0.05) is 19.1 Å². The van der Waals surface area contributed by atoms with Gasteiger partial charge in [-0.3, -0.25) is 0 Å². The quantitative estimate of drug-likeness (QED) is 0.833. The van der Waals surface area contributed by atoms with Crippen molar-refractivity contribution in [3.63, 3.8) is 0 Å². The Hall–Kier alpha value is -1.07. The molecule has 0 bridgehead atoms. The van der Waals surface area contributed by atoms with Crippen LogP contribution in [0.2, 0.25) is 0 Å². The standard InChI is InChI=1S/C14H23NO3S/c1-4-11-19(17,18)14-8-6-5-7-13(14)15(9-10-16)12(2)3/h5-8,12,16H,4,9-11H2,1-3H3. The fraction of sp³-hybridized carbons (Fsp3) is 0.571. The molecule has 0 radical (unpaired) electrons. The fourth-order valence-corrected chi connectivity index (χ4v) is 3.65. The monoisotopic (exact) mass is 285 g/mol. The van der Waals surface area contributed by atoms with Crippen molar-refractivity contribution in [2.45, 2.75) is 38.1 Å². The van der Waals surface area contributed by atoms with Crippen LogP contribution in [-0.2, 0) is 9.84 Å². The number of anilines is 1. The number of aliphatic hydroxyl groups excluding tert-OH is 1. The minimum Gasteiger partial charge on any atom is -0.395 e. The SMILES string of the molecule is CCCS(=O)(=O)c1ccccc1N(CCO)C(C)C. The van der Waals surface area contributed by atoms with Gasteiger partial charge in [0, 0.05) is 12.6 Å². The van der Waals surface area contributed by atoms with E-state index in [0.29, 0.717) is 23.5 Å². The number of sulfone groups is 1. The topological polar surface area (TPSA) is 57.6 Å². The highest BCUT2D eigenvalue weighted by Crippen LogP contribution is 2.27. The van der Waals surface area contributed by atoms with Crippen molar-refractivity contribution < 1.29 is 13.5 Å². The van der Waals surface area contributed by atoms with E-state index in [-0.39, 0.29) is 18.4 Å². The number of nitrogens with zero attached hydrogens (tertiary/aromatic N) is 1. The molecule has 0 saturated carbocycles. The van der Waals surface area contributed by atoms with E-state index in [1.807, 2.05) is 31.7 Å². The highest BCUT2D eigenvalue weighted by Gasteiger charge is 2.21. The van der Waals surface area contributed by atoms with Crippen LogP contribution in [-0.4, -0.2) is 38.5 Å². The summed E-state index contributed by atoms with van der Waals surface area (Å²) in [6, 6.07) is 7.15. The van der Waals surface area contributed by atoms with E-state index in [4.69, 9.17) is 5.11 Å². The van der Waals surface area contributed by atoms with Crippen LogP contribution in [0.25, 0.3) is 0 Å². The first-order chi connectivity index (χ1) is 8.94. The van der Waals surface area contributed by atoms with Crippen LogP contribution in [0.1, 0.15) is 27.2 Å². The molecular formula is C14H23NO3S. The Morgan fingerprint density at radius 1 is 1.26 bits per heavy atom. The van der Waals surface area contributed by atoms with Crippen LogP contribution in [0.5, 0.6) is 0 Å². The summed E-state index contributed by atoms with van der Waals surface area (Å²) >= 11 is 0. The van der Waals surface area contributed by atoms with Gasteiger partial charge in [0.1, 0.15) is 0 Å². The van der Waals surface area contributed by atoms with Crippen LogP contribution >= 0.6 is 0 Å². The maximum absolute atomic E-state index is 12.3. The molecule has 0 aliphatic rings. The molecular weight excluding hydrogens is 262 g/mol. The van der Waals surface area contributed by atoms with E-state index in [1.165, 1.54) is 0 Å². The van der Waals surface area contributed by atoms with E-state index < -0.39 is 9.84 Å². The molecule has 1 aromatic rings. The zero-order valence-corrected chi connectivity index (χ0v) is 12.7. The van der Waals surface area contributed by atoms with Gasteiger partial charge in [0.15, 0.2) is 9.84 Å². The molecule has 0 unspecified atom stereocenters. The summed E-state index contributed by atoms with van der Waals surface area (Å²) in [4.78, 5) is 2.28. The molecule has 0 saturated heterocycles. The summed E-state index contributed by atoms with van der Waals surface area (Å²) in [5.41, 5.74) is 0.681. The second-order valence-electron chi connectivity index (χ2n) is 4.80. The van der Waals surface area contributed by atoms with Gasteiger partial charge in [-0.15, -0.1) is 0 Å². The highest BCUT2D eigenvalue weighted by atomic mass is 32.2. The summed E-state index contributed by atoms with van der Waals surface area (Å²) in [5, 5.41) is 9.15. The molecule has 0 atom stereocenters. The first-order valence-corrected chi connectivity index (χ1v) is 8.28. The summed E-state index contributed by atoms with van der Waals surface area (Å²) in [6.07, 6.45) is 0.596. The van der Waals surface area contributed by atoms with Gasteiger partial charge in [-0.2, -0.15) is 0 Å². The van der Waals surface area contributed by atoms with Gasteiger partial charge in [-0.05, 0) is 32.4 Å². The van der Waals surface area contributed by atoms with Gasteiger partial charge >= 0.3 is 0 Å². The lowest BCUT2D eigenvalue weighted by Gasteiger charge is -2.30. The Bertz CT molecular complexity index is 497. The molecule has 0 fully saturated rings. The third-order valence-corrected chi connectivity index (χ3v) is 4.91.